The number of aryl methyl sites for hydroxylation is 1. The number of hydrogen-bond donors (Lipinski definition) is 1. The monoisotopic (exact) mass is 657 g/mol. The fourth-order valence-corrected chi connectivity index (χ4v) is 6.61. The van der Waals surface area contributed by atoms with Gasteiger partial charge in [-0.3, -0.25) is 13.9 Å². The zero-order valence-corrected chi connectivity index (χ0v) is 28.5. The number of carbonyl (C=O) groups is 2. The quantitative estimate of drug-likeness (QED) is 0.158. The third-order valence-electron chi connectivity index (χ3n) is 8.31. The Kier molecular flexibility index (Phi) is 11.9. The molecule has 7 nitrogen and oxygen atoms in total. The summed E-state index contributed by atoms with van der Waals surface area (Å²) in [7, 11) is -4.23. The van der Waals surface area contributed by atoms with Crippen LogP contribution in [0.3, 0.4) is 0 Å². The van der Waals surface area contributed by atoms with E-state index >= 15 is 4.39 Å². The van der Waals surface area contributed by atoms with Crippen LogP contribution in [0.1, 0.15) is 62.3 Å². The Labute approximate surface area is 278 Å². The Bertz CT molecular complexity index is 1740. The van der Waals surface area contributed by atoms with E-state index in [9.17, 15) is 18.0 Å². The summed E-state index contributed by atoms with van der Waals surface area (Å²) in [6.07, 6.45) is 0.817. The lowest BCUT2D eigenvalue weighted by atomic mass is 10.0. The third kappa shape index (κ3) is 9.07. The zero-order chi connectivity index (χ0) is 34.1. The minimum atomic E-state index is -4.23. The summed E-state index contributed by atoms with van der Waals surface area (Å²) in [5, 5.41) is 2.99. The average molecular weight is 658 g/mol. The molecular weight excluding hydrogens is 614 g/mol. The van der Waals surface area contributed by atoms with E-state index in [1.807, 2.05) is 77.1 Å². The smallest absolute Gasteiger partial charge is 0.264 e. The number of amides is 2. The number of sulfonamides is 1. The minimum Gasteiger partial charge on any atom is -0.352 e. The molecular formula is C38H44FN3O4S. The molecule has 4 rings (SSSR count). The molecule has 0 aliphatic heterocycles. The molecule has 0 heterocycles. The largest absolute Gasteiger partial charge is 0.352 e. The molecule has 9 heteroatoms. The number of hydrogen-bond acceptors (Lipinski definition) is 4. The zero-order valence-electron chi connectivity index (χ0n) is 27.7. The highest BCUT2D eigenvalue weighted by Crippen LogP contribution is 2.27. The SMILES string of the molecule is CC[C@@H](C)NC(=O)[C@@H](Cc1ccccc1)N(Cc1ccccc1F)C(=O)CN(c1ccc(C(C)C)cc1)S(=O)(=O)c1ccc(C)cc1. The number of rotatable bonds is 14. The van der Waals surface area contributed by atoms with Crippen molar-refractivity contribution in [2.75, 3.05) is 10.8 Å². The van der Waals surface area contributed by atoms with Crippen LogP contribution in [0.2, 0.25) is 0 Å². The highest BCUT2D eigenvalue weighted by molar-refractivity contribution is 7.92. The van der Waals surface area contributed by atoms with Crippen LogP contribution in [0.4, 0.5) is 10.1 Å². The van der Waals surface area contributed by atoms with Gasteiger partial charge >= 0.3 is 0 Å². The molecule has 47 heavy (non-hydrogen) atoms. The molecule has 0 saturated heterocycles. The van der Waals surface area contributed by atoms with Gasteiger partial charge in [0.1, 0.15) is 18.4 Å². The summed E-state index contributed by atoms with van der Waals surface area (Å²) in [4.78, 5) is 29.8. The van der Waals surface area contributed by atoms with Gasteiger partial charge < -0.3 is 10.2 Å². The van der Waals surface area contributed by atoms with Gasteiger partial charge in [-0.2, -0.15) is 0 Å². The number of carbonyl (C=O) groups excluding carboxylic acids is 2. The summed E-state index contributed by atoms with van der Waals surface area (Å²) in [5.41, 5.74) is 3.22. The first-order valence-corrected chi connectivity index (χ1v) is 17.4. The Morgan fingerprint density at radius 2 is 1.45 bits per heavy atom. The molecule has 0 bridgehead atoms. The van der Waals surface area contributed by atoms with E-state index in [0.29, 0.717) is 12.1 Å². The van der Waals surface area contributed by atoms with E-state index < -0.39 is 40.2 Å². The topological polar surface area (TPSA) is 86.8 Å². The molecule has 0 aromatic heterocycles. The number of nitrogens with zero attached hydrogens (tertiary/aromatic N) is 2. The summed E-state index contributed by atoms with van der Waals surface area (Å²) < 4.78 is 44.6. The third-order valence-corrected chi connectivity index (χ3v) is 10.1. The van der Waals surface area contributed by atoms with Crippen LogP contribution in [0, 0.1) is 12.7 Å². The summed E-state index contributed by atoms with van der Waals surface area (Å²) in [6.45, 7) is 8.92. The summed E-state index contributed by atoms with van der Waals surface area (Å²) >= 11 is 0. The summed E-state index contributed by atoms with van der Waals surface area (Å²) in [5.74, 6) is -1.36. The fraction of sp³-hybridized carbons (Fsp3) is 0.316. The molecule has 0 unspecified atom stereocenters. The molecule has 1 N–H and O–H groups in total. The van der Waals surface area contributed by atoms with Crippen molar-refractivity contribution in [1.82, 2.24) is 10.2 Å². The van der Waals surface area contributed by atoms with E-state index in [1.165, 1.54) is 23.1 Å². The van der Waals surface area contributed by atoms with E-state index in [4.69, 9.17) is 0 Å². The Morgan fingerprint density at radius 3 is 2.04 bits per heavy atom. The van der Waals surface area contributed by atoms with Crippen LogP contribution in [0.5, 0.6) is 0 Å². The first kappa shape index (κ1) is 35.4. The Balaban J connectivity index is 1.82. The van der Waals surface area contributed by atoms with Gasteiger partial charge in [0, 0.05) is 24.6 Å². The molecule has 0 radical (unpaired) electrons. The van der Waals surface area contributed by atoms with E-state index in [-0.39, 0.29) is 35.4 Å². The van der Waals surface area contributed by atoms with Crippen molar-refractivity contribution >= 4 is 27.5 Å². The van der Waals surface area contributed by atoms with Crippen LogP contribution in [-0.2, 0) is 32.6 Å². The van der Waals surface area contributed by atoms with E-state index in [0.717, 1.165) is 21.0 Å². The van der Waals surface area contributed by atoms with Gasteiger partial charge in [-0.25, -0.2) is 12.8 Å². The van der Waals surface area contributed by atoms with Gasteiger partial charge in [0.15, 0.2) is 0 Å². The minimum absolute atomic E-state index is 0.0276. The van der Waals surface area contributed by atoms with Crippen LogP contribution >= 0.6 is 0 Å². The lowest BCUT2D eigenvalue weighted by molar-refractivity contribution is -0.140. The molecule has 0 aliphatic rings. The van der Waals surface area contributed by atoms with Crippen molar-refractivity contribution in [2.24, 2.45) is 0 Å². The Hall–Kier alpha value is -4.50. The predicted molar refractivity (Wildman–Crippen MR) is 185 cm³/mol. The van der Waals surface area contributed by atoms with Gasteiger partial charge in [-0.1, -0.05) is 99.1 Å². The van der Waals surface area contributed by atoms with E-state index in [1.54, 1.807) is 42.5 Å². The maximum Gasteiger partial charge on any atom is 0.264 e. The van der Waals surface area contributed by atoms with Crippen molar-refractivity contribution in [1.29, 1.82) is 0 Å². The normalized spacial score (nSPS) is 12.7. The molecule has 0 saturated carbocycles. The number of halogens is 1. The molecule has 0 aliphatic carbocycles. The molecule has 248 valence electrons. The van der Waals surface area contributed by atoms with Gasteiger partial charge in [0.25, 0.3) is 10.0 Å². The van der Waals surface area contributed by atoms with Gasteiger partial charge in [0.2, 0.25) is 11.8 Å². The Morgan fingerprint density at radius 1 is 0.830 bits per heavy atom. The van der Waals surface area contributed by atoms with Crippen molar-refractivity contribution in [3.63, 3.8) is 0 Å². The number of anilines is 1. The summed E-state index contributed by atoms with van der Waals surface area (Å²) in [6, 6.07) is 27.6. The van der Waals surface area contributed by atoms with Crippen LogP contribution in [-0.4, -0.2) is 43.8 Å². The first-order chi connectivity index (χ1) is 22.4. The molecule has 4 aromatic rings. The number of nitrogens with one attached hydrogen (secondary N) is 1. The second kappa shape index (κ2) is 15.9. The van der Waals surface area contributed by atoms with Gasteiger partial charge in [-0.05, 0) is 67.6 Å². The molecule has 0 fully saturated rings. The van der Waals surface area contributed by atoms with Crippen molar-refractivity contribution in [3.05, 3.63) is 131 Å². The van der Waals surface area contributed by atoms with Gasteiger partial charge in [-0.15, -0.1) is 0 Å². The second-order valence-corrected chi connectivity index (χ2v) is 14.1. The lowest BCUT2D eigenvalue weighted by Crippen LogP contribution is -2.54. The van der Waals surface area contributed by atoms with E-state index in [2.05, 4.69) is 5.32 Å². The predicted octanol–water partition coefficient (Wildman–Crippen LogP) is 7.01. The van der Waals surface area contributed by atoms with Crippen molar-refractivity contribution in [3.8, 4) is 0 Å². The second-order valence-electron chi connectivity index (χ2n) is 12.2. The maximum atomic E-state index is 15.1. The van der Waals surface area contributed by atoms with Crippen LogP contribution < -0.4 is 9.62 Å². The lowest BCUT2D eigenvalue weighted by Gasteiger charge is -2.34. The highest BCUT2D eigenvalue weighted by atomic mass is 32.2. The van der Waals surface area contributed by atoms with Crippen molar-refractivity contribution < 1.29 is 22.4 Å². The number of benzene rings is 4. The molecule has 2 atom stereocenters. The highest BCUT2D eigenvalue weighted by Gasteiger charge is 2.35. The van der Waals surface area contributed by atoms with Gasteiger partial charge in [0.05, 0.1) is 10.6 Å². The maximum absolute atomic E-state index is 15.1. The van der Waals surface area contributed by atoms with Crippen molar-refractivity contribution in [2.45, 2.75) is 76.9 Å². The fourth-order valence-electron chi connectivity index (χ4n) is 5.20. The molecule has 0 spiro atoms. The molecule has 2 amide bonds. The average Bonchev–Trinajstić information content (AvgIpc) is 3.06. The molecule has 4 aromatic carbocycles. The first-order valence-electron chi connectivity index (χ1n) is 16.0. The van der Waals surface area contributed by atoms with Crippen LogP contribution in [0.15, 0.2) is 108 Å². The standard InChI is InChI=1S/C38H44FN3O4S/c1-6-29(5)40-38(44)36(24-30-12-8-7-9-13-30)41(25-32-14-10-11-15-35(32)39)37(43)26-42(33-20-18-31(19-21-33)27(2)3)47(45,46)34-22-16-28(4)17-23-34/h7-23,27,29,36H,6,24-26H2,1-5H3,(H,40,44)/t29-,36-/m1/s1. The van der Waals surface area contributed by atoms with Crippen LogP contribution in [0.25, 0.3) is 0 Å².